The number of aromatic nitrogens is 2. The van der Waals surface area contributed by atoms with Gasteiger partial charge in [-0.2, -0.15) is 0 Å². The van der Waals surface area contributed by atoms with E-state index in [2.05, 4.69) is 9.97 Å². The first-order chi connectivity index (χ1) is 11.9. The van der Waals surface area contributed by atoms with Crippen LogP contribution in [0.5, 0.6) is 0 Å². The van der Waals surface area contributed by atoms with Crippen LogP contribution in [-0.2, 0) is 11.8 Å². The zero-order valence-corrected chi connectivity index (χ0v) is 13.8. The van der Waals surface area contributed by atoms with E-state index in [9.17, 15) is 13.6 Å². The summed E-state index contributed by atoms with van der Waals surface area (Å²) in [5.74, 6) is -2.54. The average molecular weight is 346 g/mol. The number of benzene rings is 1. The normalized spacial score (nSPS) is 18.7. The maximum atomic E-state index is 13.7. The number of alkyl halides is 2. The van der Waals surface area contributed by atoms with Crippen LogP contribution in [0.1, 0.15) is 47.4 Å². The Balaban J connectivity index is 1.87. The molecule has 0 bridgehead atoms. The highest BCUT2D eigenvalue weighted by Gasteiger charge is 2.44. The van der Waals surface area contributed by atoms with E-state index in [4.69, 9.17) is 5.11 Å². The fraction of sp³-hybridized carbons (Fsp3) is 0.421. The molecular formula is C19H20F2N2O2. The quantitative estimate of drug-likeness (QED) is 0.844. The summed E-state index contributed by atoms with van der Waals surface area (Å²) in [4.78, 5) is 19.9. The average Bonchev–Trinajstić information content (AvgIpc) is 2.64. The van der Waals surface area contributed by atoms with Gasteiger partial charge in [0.1, 0.15) is 12.4 Å². The third-order valence-electron chi connectivity index (χ3n) is 4.99. The molecule has 2 aromatic rings. The lowest BCUT2D eigenvalue weighted by Gasteiger charge is -2.40. The zero-order chi connectivity index (χ0) is 17.9. The SMILES string of the molecule is O=C(CO)c1cnc(CC2(c3ccccc3)CCC(F)(F)CC2)nc1. The van der Waals surface area contributed by atoms with Gasteiger partial charge in [0.15, 0.2) is 5.78 Å². The lowest BCUT2D eigenvalue weighted by atomic mass is 9.66. The molecule has 25 heavy (non-hydrogen) atoms. The molecular weight excluding hydrogens is 326 g/mol. The summed E-state index contributed by atoms with van der Waals surface area (Å²) in [5, 5.41) is 8.88. The van der Waals surface area contributed by atoms with Crippen molar-refractivity contribution in [3.05, 3.63) is 59.7 Å². The first kappa shape index (κ1) is 17.6. The van der Waals surface area contributed by atoms with Gasteiger partial charge in [0.05, 0.1) is 5.56 Å². The van der Waals surface area contributed by atoms with Gasteiger partial charge in [-0.15, -0.1) is 0 Å². The predicted octanol–water partition coefficient (Wildman–Crippen LogP) is 3.34. The van der Waals surface area contributed by atoms with Crippen LogP contribution in [0.15, 0.2) is 42.7 Å². The zero-order valence-electron chi connectivity index (χ0n) is 13.8. The Hall–Kier alpha value is -2.21. The number of ketones is 1. The number of hydrogen-bond donors (Lipinski definition) is 1. The highest BCUT2D eigenvalue weighted by Crippen LogP contribution is 2.46. The molecule has 0 radical (unpaired) electrons. The largest absolute Gasteiger partial charge is 0.388 e. The molecule has 0 saturated heterocycles. The molecule has 0 amide bonds. The number of carbonyl (C=O) groups is 1. The Kier molecular flexibility index (Phi) is 4.90. The maximum absolute atomic E-state index is 13.7. The van der Waals surface area contributed by atoms with Gasteiger partial charge in [-0.25, -0.2) is 18.7 Å². The van der Waals surface area contributed by atoms with Gasteiger partial charge in [0.2, 0.25) is 5.92 Å². The fourth-order valence-corrected chi connectivity index (χ4v) is 3.44. The third kappa shape index (κ3) is 3.90. The van der Waals surface area contributed by atoms with Crippen LogP contribution in [0.2, 0.25) is 0 Å². The molecule has 0 aliphatic heterocycles. The lowest BCUT2D eigenvalue weighted by molar-refractivity contribution is -0.0523. The molecule has 1 saturated carbocycles. The van der Waals surface area contributed by atoms with E-state index in [1.807, 2.05) is 30.3 Å². The number of halogens is 2. The molecule has 1 heterocycles. The first-order valence-corrected chi connectivity index (χ1v) is 8.32. The van der Waals surface area contributed by atoms with Gasteiger partial charge in [0, 0.05) is 37.1 Å². The van der Waals surface area contributed by atoms with Crippen LogP contribution in [0.25, 0.3) is 0 Å². The molecule has 0 spiro atoms. The molecule has 1 aliphatic rings. The van der Waals surface area contributed by atoms with E-state index in [0.717, 1.165) is 5.56 Å². The Morgan fingerprint density at radius 2 is 1.64 bits per heavy atom. The van der Waals surface area contributed by atoms with Crippen LogP contribution in [-0.4, -0.2) is 33.4 Å². The second kappa shape index (κ2) is 6.96. The van der Waals surface area contributed by atoms with Crippen LogP contribution in [0, 0.1) is 0 Å². The first-order valence-electron chi connectivity index (χ1n) is 8.32. The van der Waals surface area contributed by atoms with E-state index >= 15 is 0 Å². The number of Topliss-reactive ketones (excluding diaryl/α,β-unsaturated/α-hetero) is 1. The molecule has 6 heteroatoms. The highest BCUT2D eigenvalue weighted by molar-refractivity contribution is 5.96. The molecule has 1 aromatic heterocycles. The lowest BCUT2D eigenvalue weighted by Crippen LogP contribution is -2.38. The predicted molar refractivity (Wildman–Crippen MR) is 88.7 cm³/mol. The summed E-state index contributed by atoms with van der Waals surface area (Å²) in [6.45, 7) is -0.592. The minimum atomic E-state index is -2.61. The van der Waals surface area contributed by atoms with Gasteiger partial charge >= 0.3 is 0 Å². The monoisotopic (exact) mass is 346 g/mol. The number of carbonyl (C=O) groups excluding carboxylic acids is 1. The number of hydrogen-bond acceptors (Lipinski definition) is 4. The van der Waals surface area contributed by atoms with Crippen molar-refractivity contribution in [3.63, 3.8) is 0 Å². The van der Waals surface area contributed by atoms with Crippen molar-refractivity contribution in [1.29, 1.82) is 0 Å². The van der Waals surface area contributed by atoms with Crippen molar-refractivity contribution >= 4 is 5.78 Å². The molecule has 0 unspecified atom stereocenters. The van der Waals surface area contributed by atoms with Crippen molar-refractivity contribution in [2.75, 3.05) is 6.61 Å². The Bertz CT molecular complexity index is 723. The minimum Gasteiger partial charge on any atom is -0.388 e. The maximum Gasteiger partial charge on any atom is 0.248 e. The molecule has 0 atom stereocenters. The Labute approximate surface area is 144 Å². The van der Waals surface area contributed by atoms with Crippen LogP contribution in [0.4, 0.5) is 8.78 Å². The van der Waals surface area contributed by atoms with Gasteiger partial charge in [-0.3, -0.25) is 4.79 Å². The second-order valence-electron chi connectivity index (χ2n) is 6.65. The summed E-state index contributed by atoms with van der Waals surface area (Å²) in [6, 6.07) is 9.65. The van der Waals surface area contributed by atoms with Crippen molar-refractivity contribution in [2.45, 2.75) is 43.4 Å². The standard InChI is InChI=1S/C19H20F2N2O2/c20-19(21)8-6-18(7-9-19,15-4-2-1-3-5-15)10-17-22-11-14(12-23-17)16(25)13-24/h1-5,11-12,24H,6-10,13H2. The highest BCUT2D eigenvalue weighted by atomic mass is 19.3. The summed E-state index contributed by atoms with van der Waals surface area (Å²) in [5.41, 5.74) is 0.839. The molecule has 1 aliphatic carbocycles. The van der Waals surface area contributed by atoms with Crippen LogP contribution in [0.3, 0.4) is 0 Å². The molecule has 132 valence electrons. The van der Waals surface area contributed by atoms with E-state index < -0.39 is 23.7 Å². The topological polar surface area (TPSA) is 63.1 Å². The van der Waals surface area contributed by atoms with Crippen molar-refractivity contribution < 1.29 is 18.7 Å². The van der Waals surface area contributed by atoms with Crippen molar-refractivity contribution in [2.24, 2.45) is 0 Å². The van der Waals surface area contributed by atoms with Crippen LogP contribution < -0.4 is 0 Å². The summed E-state index contributed by atoms with van der Waals surface area (Å²) in [6.07, 6.45) is 3.65. The number of rotatable bonds is 5. The van der Waals surface area contributed by atoms with Gasteiger partial charge in [-0.05, 0) is 18.4 Å². The number of aliphatic hydroxyl groups excluding tert-OH is 1. The van der Waals surface area contributed by atoms with E-state index in [0.29, 0.717) is 25.1 Å². The molecule has 1 aromatic carbocycles. The van der Waals surface area contributed by atoms with Gasteiger partial charge < -0.3 is 5.11 Å². The summed E-state index contributed by atoms with van der Waals surface area (Å²) in [7, 11) is 0. The molecule has 1 fully saturated rings. The molecule has 4 nitrogen and oxygen atoms in total. The number of nitrogens with zero attached hydrogens (tertiary/aromatic N) is 2. The Morgan fingerprint density at radius 1 is 1.04 bits per heavy atom. The van der Waals surface area contributed by atoms with Gasteiger partial charge in [0.25, 0.3) is 0 Å². The fourth-order valence-electron chi connectivity index (χ4n) is 3.44. The molecule has 1 N–H and O–H groups in total. The van der Waals surface area contributed by atoms with Crippen molar-refractivity contribution in [1.82, 2.24) is 9.97 Å². The van der Waals surface area contributed by atoms with Gasteiger partial charge in [-0.1, -0.05) is 30.3 Å². The minimum absolute atomic E-state index is 0.150. The van der Waals surface area contributed by atoms with E-state index in [1.54, 1.807) is 0 Å². The second-order valence-corrected chi connectivity index (χ2v) is 6.65. The van der Waals surface area contributed by atoms with Crippen molar-refractivity contribution in [3.8, 4) is 0 Å². The summed E-state index contributed by atoms with van der Waals surface area (Å²) >= 11 is 0. The molecule has 3 rings (SSSR count). The van der Waals surface area contributed by atoms with Crippen LogP contribution >= 0.6 is 0 Å². The number of aliphatic hydroxyl groups is 1. The third-order valence-corrected chi connectivity index (χ3v) is 4.99. The summed E-state index contributed by atoms with van der Waals surface area (Å²) < 4.78 is 27.4. The Morgan fingerprint density at radius 3 is 2.20 bits per heavy atom. The van der Waals surface area contributed by atoms with E-state index in [-0.39, 0.29) is 18.4 Å². The van der Waals surface area contributed by atoms with E-state index in [1.165, 1.54) is 12.4 Å². The smallest absolute Gasteiger partial charge is 0.248 e.